The van der Waals surface area contributed by atoms with Gasteiger partial charge in [0.25, 0.3) is 0 Å². The average molecular weight is 511 g/mol. The Balaban J connectivity index is 1.70. The van der Waals surface area contributed by atoms with E-state index in [-0.39, 0.29) is 30.7 Å². The molecule has 0 spiro atoms. The van der Waals surface area contributed by atoms with Gasteiger partial charge in [0, 0.05) is 23.1 Å². The second kappa shape index (κ2) is 11.0. The molecule has 0 fully saturated rings. The van der Waals surface area contributed by atoms with E-state index in [1.54, 1.807) is 6.08 Å². The van der Waals surface area contributed by atoms with Gasteiger partial charge in [-0.25, -0.2) is 13.6 Å². The van der Waals surface area contributed by atoms with Gasteiger partial charge in [-0.3, -0.25) is 0 Å². The van der Waals surface area contributed by atoms with Crippen LogP contribution in [0.3, 0.4) is 0 Å². The highest BCUT2D eigenvalue weighted by atomic mass is 79.9. The molecule has 4 atom stereocenters. The molecule has 6 nitrogen and oxygen atoms in total. The maximum absolute atomic E-state index is 13.5. The molecule has 0 unspecified atom stereocenters. The second-order valence-corrected chi connectivity index (χ2v) is 8.60. The first-order valence-electron chi connectivity index (χ1n) is 10.1. The Kier molecular flexibility index (Phi) is 8.36. The monoisotopic (exact) mass is 510 g/mol. The van der Waals surface area contributed by atoms with Gasteiger partial charge in [-0.15, -0.1) is 6.58 Å². The van der Waals surface area contributed by atoms with Gasteiger partial charge in [-0.1, -0.05) is 28.1 Å². The number of carbonyl (C=O) groups is 1. The molecule has 2 aromatic rings. The number of halogens is 3. The second-order valence-electron chi connectivity index (χ2n) is 7.69. The van der Waals surface area contributed by atoms with Crippen molar-refractivity contribution in [3.05, 3.63) is 81.9 Å². The van der Waals surface area contributed by atoms with Crippen LogP contribution in [0.4, 0.5) is 13.6 Å². The molecule has 3 rings (SSSR count). The minimum Gasteiger partial charge on any atom is -0.465 e. The summed E-state index contributed by atoms with van der Waals surface area (Å²) in [4.78, 5) is 11.2. The molecule has 0 bridgehead atoms. The molecule has 1 aliphatic rings. The number of rotatable bonds is 10. The molecule has 0 saturated heterocycles. The van der Waals surface area contributed by atoms with Crippen molar-refractivity contribution in [3.8, 4) is 0 Å². The number of aliphatic hydroxyl groups excluding tert-OH is 1. The number of fused-ring (bicyclic) bond motifs is 1. The van der Waals surface area contributed by atoms with Crippen molar-refractivity contribution in [2.75, 3.05) is 13.2 Å². The van der Waals surface area contributed by atoms with E-state index in [9.17, 15) is 18.7 Å². The zero-order valence-corrected chi connectivity index (χ0v) is 18.8. The first-order valence-corrected chi connectivity index (χ1v) is 10.9. The number of hydrogen-bond acceptors (Lipinski definition) is 4. The minimum absolute atomic E-state index is 0.0630. The Morgan fingerprint density at radius 1 is 1.25 bits per heavy atom. The van der Waals surface area contributed by atoms with Crippen molar-refractivity contribution in [2.45, 2.75) is 37.1 Å². The molecule has 9 heteroatoms. The summed E-state index contributed by atoms with van der Waals surface area (Å²) in [6, 6.07) is 7.80. The Morgan fingerprint density at radius 3 is 2.62 bits per heavy atom. The highest BCUT2D eigenvalue weighted by Gasteiger charge is 2.32. The molecular weight excluding hydrogens is 486 g/mol. The molecule has 1 amide bonds. The van der Waals surface area contributed by atoms with Crippen LogP contribution in [0.2, 0.25) is 0 Å². The molecule has 32 heavy (non-hydrogen) atoms. The van der Waals surface area contributed by atoms with Crippen LogP contribution in [0.5, 0.6) is 0 Å². The minimum atomic E-state index is -1.33. The normalized spacial score (nSPS) is 19.2. The first-order chi connectivity index (χ1) is 15.3. The van der Waals surface area contributed by atoms with Gasteiger partial charge < -0.3 is 25.6 Å². The summed E-state index contributed by atoms with van der Waals surface area (Å²) in [6.07, 6.45) is -0.352. The Morgan fingerprint density at radius 2 is 1.97 bits per heavy atom. The van der Waals surface area contributed by atoms with Crippen molar-refractivity contribution < 1.29 is 28.5 Å². The van der Waals surface area contributed by atoms with Crippen molar-refractivity contribution in [1.82, 2.24) is 10.6 Å². The predicted octanol–water partition coefficient (Wildman–Crippen LogP) is 4.25. The van der Waals surface area contributed by atoms with Gasteiger partial charge in [0.15, 0.2) is 0 Å². The van der Waals surface area contributed by atoms with E-state index in [2.05, 4.69) is 33.1 Å². The molecule has 0 heterocycles. The van der Waals surface area contributed by atoms with Crippen LogP contribution < -0.4 is 10.6 Å². The van der Waals surface area contributed by atoms with Gasteiger partial charge in [0.1, 0.15) is 11.6 Å². The number of amides is 1. The van der Waals surface area contributed by atoms with E-state index in [4.69, 9.17) is 9.84 Å². The predicted molar refractivity (Wildman–Crippen MR) is 119 cm³/mol. The summed E-state index contributed by atoms with van der Waals surface area (Å²) in [5.41, 5.74) is 2.31. The third-order valence-electron chi connectivity index (χ3n) is 5.36. The fraction of sp³-hybridized carbons (Fsp3) is 0.348. The SMILES string of the molecule is C=CCO[C@@H]1C[C@H](NC[C@@H](O)[C@H](Cc2cc(F)cc(F)c2)NC(=O)O)c2cc(Br)ccc21. The van der Waals surface area contributed by atoms with E-state index in [1.165, 1.54) is 0 Å². The third-order valence-corrected chi connectivity index (χ3v) is 5.85. The van der Waals surface area contributed by atoms with Crippen molar-refractivity contribution in [2.24, 2.45) is 0 Å². The highest BCUT2D eigenvalue weighted by molar-refractivity contribution is 9.10. The van der Waals surface area contributed by atoms with Gasteiger partial charge >= 0.3 is 6.09 Å². The van der Waals surface area contributed by atoms with Crippen LogP contribution in [-0.2, 0) is 11.2 Å². The number of benzene rings is 2. The van der Waals surface area contributed by atoms with Crippen molar-refractivity contribution >= 4 is 22.0 Å². The number of carboxylic acid groups (broad SMARTS) is 1. The summed E-state index contributed by atoms with van der Waals surface area (Å²) < 4.78 is 33.8. The molecular formula is C23H25BrF2N2O4. The molecule has 0 aliphatic heterocycles. The van der Waals surface area contributed by atoms with Crippen molar-refractivity contribution in [1.29, 1.82) is 0 Å². The maximum atomic E-state index is 13.5. The lowest BCUT2D eigenvalue weighted by molar-refractivity contribution is 0.0672. The quantitative estimate of drug-likeness (QED) is 0.359. The van der Waals surface area contributed by atoms with E-state index in [0.29, 0.717) is 13.0 Å². The Hall–Kier alpha value is -2.33. The number of nitrogens with one attached hydrogen (secondary N) is 2. The number of ether oxygens (including phenoxy) is 1. The molecule has 4 N–H and O–H groups in total. The van der Waals surface area contributed by atoms with Crippen molar-refractivity contribution in [3.63, 3.8) is 0 Å². The van der Waals surface area contributed by atoms with Crippen LogP contribution in [0, 0.1) is 11.6 Å². The van der Waals surface area contributed by atoms with Gasteiger partial charge in [0.05, 0.1) is 24.9 Å². The lowest BCUT2D eigenvalue weighted by atomic mass is 10.0. The number of hydrogen-bond donors (Lipinski definition) is 4. The van der Waals surface area contributed by atoms with Gasteiger partial charge in [-0.2, -0.15) is 0 Å². The smallest absolute Gasteiger partial charge is 0.404 e. The molecule has 2 aromatic carbocycles. The Labute approximate surface area is 193 Å². The van der Waals surface area contributed by atoms with Crippen LogP contribution >= 0.6 is 15.9 Å². The summed E-state index contributed by atoms with van der Waals surface area (Å²) >= 11 is 3.47. The third kappa shape index (κ3) is 6.35. The average Bonchev–Trinajstić information content (AvgIpc) is 3.05. The van der Waals surface area contributed by atoms with Crippen LogP contribution in [0.25, 0.3) is 0 Å². The maximum Gasteiger partial charge on any atom is 0.404 e. The summed E-state index contributed by atoms with van der Waals surface area (Å²) in [6.45, 7) is 4.15. The first kappa shape index (κ1) is 24.3. The standard InChI is InChI=1S/C23H25BrF2N2O4/c1-2-5-32-22-11-19(18-9-14(24)3-4-17(18)22)27-12-21(29)20(28-23(30)31)8-13-6-15(25)10-16(26)7-13/h2-4,6-7,9-10,19-22,27-29H,1,5,8,11-12H2,(H,30,31)/t19-,20-,21+,22+/m0/s1. The van der Waals surface area contributed by atoms with Crippen LogP contribution in [-0.4, -0.2) is 41.6 Å². The molecule has 0 radical (unpaired) electrons. The fourth-order valence-electron chi connectivity index (χ4n) is 3.97. The molecule has 0 saturated carbocycles. The molecule has 0 aromatic heterocycles. The largest absolute Gasteiger partial charge is 0.465 e. The van der Waals surface area contributed by atoms with Gasteiger partial charge in [-0.05, 0) is 53.8 Å². The van der Waals surface area contributed by atoms with E-state index < -0.39 is 29.9 Å². The molecule has 1 aliphatic carbocycles. The van der Waals surface area contributed by atoms with Gasteiger partial charge in [0.2, 0.25) is 0 Å². The molecule has 172 valence electrons. The topological polar surface area (TPSA) is 90.8 Å². The van der Waals surface area contributed by atoms with E-state index >= 15 is 0 Å². The van der Waals surface area contributed by atoms with Crippen LogP contribution in [0.1, 0.15) is 35.3 Å². The van der Waals surface area contributed by atoms with Crippen LogP contribution in [0.15, 0.2) is 53.5 Å². The number of aliphatic hydroxyl groups is 1. The highest BCUT2D eigenvalue weighted by Crippen LogP contribution is 2.42. The Bertz CT molecular complexity index is 955. The van der Waals surface area contributed by atoms with E-state index in [0.717, 1.165) is 33.8 Å². The summed E-state index contributed by atoms with van der Waals surface area (Å²) in [5.74, 6) is -1.53. The zero-order chi connectivity index (χ0) is 23.3. The fourth-order valence-corrected chi connectivity index (χ4v) is 4.35. The lowest BCUT2D eigenvalue weighted by Crippen LogP contribution is -2.48. The lowest BCUT2D eigenvalue weighted by Gasteiger charge is -2.25. The zero-order valence-electron chi connectivity index (χ0n) is 17.2. The van der Waals surface area contributed by atoms with E-state index in [1.807, 2.05) is 18.2 Å². The summed E-state index contributed by atoms with van der Waals surface area (Å²) in [5, 5.41) is 25.4. The summed E-state index contributed by atoms with van der Waals surface area (Å²) in [7, 11) is 0.